The van der Waals surface area contributed by atoms with Crippen molar-refractivity contribution in [3.8, 4) is 0 Å². The smallest absolute Gasteiger partial charge is 0.101 e. The van der Waals surface area contributed by atoms with Crippen LogP contribution in [0.25, 0.3) is 0 Å². The molecule has 0 aromatic carbocycles. The Hall–Kier alpha value is -0.156. The zero-order valence-electron chi connectivity index (χ0n) is 7.81. The summed E-state index contributed by atoms with van der Waals surface area (Å²) < 4.78 is 0. The minimum atomic E-state index is -1.10. The van der Waals surface area contributed by atoms with Gasteiger partial charge in [-0.2, -0.15) is 0 Å². The molecule has 0 aliphatic heterocycles. The third-order valence-corrected chi connectivity index (χ3v) is 6.77. The van der Waals surface area contributed by atoms with Gasteiger partial charge in [-0.05, 0) is 6.92 Å². The van der Waals surface area contributed by atoms with E-state index in [4.69, 9.17) is 0 Å². The van der Waals surface area contributed by atoms with E-state index in [0.29, 0.717) is 5.41 Å². The van der Waals surface area contributed by atoms with Gasteiger partial charge in [0.15, 0.2) is 0 Å². The molecular formula is C8H18OSi2. The lowest BCUT2D eigenvalue weighted by Gasteiger charge is -2.15. The summed E-state index contributed by atoms with van der Waals surface area (Å²) >= 11 is 0. The number of hydrogen-bond donors (Lipinski definition) is 0. The predicted molar refractivity (Wildman–Crippen MR) is 56.5 cm³/mol. The molecule has 0 aliphatic rings. The second-order valence-electron chi connectivity index (χ2n) is 3.75. The fourth-order valence-corrected chi connectivity index (χ4v) is 5.95. The van der Waals surface area contributed by atoms with Crippen molar-refractivity contribution < 1.29 is 4.79 Å². The largest absolute Gasteiger partial charge is 0.307 e. The van der Waals surface area contributed by atoms with E-state index < -0.39 is 17.6 Å². The Balaban J connectivity index is 3.53. The van der Waals surface area contributed by atoms with Crippen LogP contribution in [0, 0.1) is 0 Å². The normalized spacial score (nSPS) is 12.3. The third kappa shape index (κ3) is 6.25. The molecule has 0 N–H and O–H groups in total. The standard InChI is InChI=1S/C8H18OSi2/c1-5-11(3,4)7-6-10-8(2)9/h5H,1,6-7,10H2,2-4H3. The second kappa shape index (κ2) is 4.67. The molecule has 0 aliphatic carbocycles. The van der Waals surface area contributed by atoms with E-state index in [0.717, 1.165) is 0 Å². The van der Waals surface area contributed by atoms with E-state index in [1.165, 1.54) is 12.1 Å². The van der Waals surface area contributed by atoms with Gasteiger partial charge in [0.25, 0.3) is 0 Å². The molecule has 0 rings (SSSR count). The number of rotatable bonds is 5. The van der Waals surface area contributed by atoms with E-state index in [1.807, 2.05) is 0 Å². The van der Waals surface area contributed by atoms with Gasteiger partial charge < -0.3 is 4.79 Å². The van der Waals surface area contributed by atoms with Crippen LogP contribution in [0.1, 0.15) is 6.92 Å². The second-order valence-corrected chi connectivity index (χ2v) is 10.8. The molecule has 0 atom stereocenters. The molecule has 0 aromatic heterocycles. The van der Waals surface area contributed by atoms with Gasteiger partial charge in [-0.25, -0.2) is 0 Å². The van der Waals surface area contributed by atoms with E-state index >= 15 is 0 Å². The van der Waals surface area contributed by atoms with Gasteiger partial charge in [0, 0.05) is 0 Å². The summed E-state index contributed by atoms with van der Waals surface area (Å²) in [4.78, 5) is 10.7. The molecule has 0 saturated carbocycles. The van der Waals surface area contributed by atoms with E-state index in [1.54, 1.807) is 6.92 Å². The number of carbonyl (C=O) groups is 1. The molecule has 3 heteroatoms. The first-order chi connectivity index (χ1) is 4.98. The molecule has 0 heterocycles. The lowest BCUT2D eigenvalue weighted by Crippen LogP contribution is -2.22. The summed E-state index contributed by atoms with van der Waals surface area (Å²) in [5, 5.41) is 0.443. The van der Waals surface area contributed by atoms with Crippen LogP contribution in [0.2, 0.25) is 25.2 Å². The summed E-state index contributed by atoms with van der Waals surface area (Å²) in [5.74, 6) is 0. The van der Waals surface area contributed by atoms with Crippen LogP contribution in [0.5, 0.6) is 0 Å². The summed E-state index contributed by atoms with van der Waals surface area (Å²) in [6.07, 6.45) is 0. The van der Waals surface area contributed by atoms with Gasteiger partial charge >= 0.3 is 0 Å². The van der Waals surface area contributed by atoms with Crippen LogP contribution in [-0.4, -0.2) is 23.0 Å². The zero-order chi connectivity index (χ0) is 8.91. The Bertz CT molecular complexity index is 152. The van der Waals surface area contributed by atoms with Crippen LogP contribution in [0.4, 0.5) is 0 Å². The van der Waals surface area contributed by atoms with Crippen molar-refractivity contribution in [2.45, 2.75) is 32.1 Å². The first-order valence-corrected chi connectivity index (χ1v) is 9.10. The highest BCUT2D eigenvalue weighted by Crippen LogP contribution is 2.12. The minimum Gasteiger partial charge on any atom is -0.307 e. The molecule has 1 nitrogen and oxygen atoms in total. The highest BCUT2D eigenvalue weighted by Gasteiger charge is 2.14. The fraction of sp³-hybridized carbons (Fsp3) is 0.625. The Morgan fingerprint density at radius 1 is 1.64 bits per heavy atom. The van der Waals surface area contributed by atoms with Crippen LogP contribution < -0.4 is 0 Å². The average Bonchev–Trinajstić information content (AvgIpc) is 1.87. The molecule has 0 fully saturated rings. The van der Waals surface area contributed by atoms with Crippen LogP contribution in [-0.2, 0) is 4.79 Å². The van der Waals surface area contributed by atoms with Crippen LogP contribution >= 0.6 is 0 Å². The number of hydrogen-bond acceptors (Lipinski definition) is 1. The van der Waals surface area contributed by atoms with Gasteiger partial charge in [-0.1, -0.05) is 25.2 Å². The van der Waals surface area contributed by atoms with Crippen molar-refractivity contribution in [3.05, 3.63) is 12.3 Å². The molecule has 0 saturated heterocycles. The van der Waals surface area contributed by atoms with Crippen LogP contribution in [0.15, 0.2) is 12.3 Å². The third-order valence-electron chi connectivity index (χ3n) is 1.90. The van der Waals surface area contributed by atoms with E-state index in [9.17, 15) is 4.79 Å². The van der Waals surface area contributed by atoms with Crippen LogP contribution in [0.3, 0.4) is 0 Å². The molecule has 0 aromatic rings. The highest BCUT2D eigenvalue weighted by atomic mass is 28.3. The maximum Gasteiger partial charge on any atom is 0.101 e. The SMILES string of the molecule is C=C[Si](C)(C)CC[SiH2]C(C)=O. The quantitative estimate of drug-likeness (QED) is 0.596. The molecule has 0 amide bonds. The summed E-state index contributed by atoms with van der Waals surface area (Å²) in [5.41, 5.74) is 2.11. The Morgan fingerprint density at radius 2 is 2.18 bits per heavy atom. The molecule has 0 radical (unpaired) electrons. The maximum absolute atomic E-state index is 10.7. The maximum atomic E-state index is 10.7. The highest BCUT2D eigenvalue weighted by molar-refractivity contribution is 6.84. The monoisotopic (exact) mass is 186 g/mol. The first kappa shape index (κ1) is 10.8. The van der Waals surface area contributed by atoms with E-state index in [-0.39, 0.29) is 0 Å². The molecular weight excluding hydrogens is 168 g/mol. The van der Waals surface area contributed by atoms with Gasteiger partial charge in [0.1, 0.15) is 14.9 Å². The van der Waals surface area contributed by atoms with Crippen molar-refractivity contribution in [3.63, 3.8) is 0 Å². The van der Waals surface area contributed by atoms with Crippen molar-refractivity contribution in [2.24, 2.45) is 0 Å². The van der Waals surface area contributed by atoms with Crippen molar-refractivity contribution >= 4 is 23.0 Å². The molecule has 0 bridgehead atoms. The Kier molecular flexibility index (Phi) is 4.60. The lowest BCUT2D eigenvalue weighted by molar-refractivity contribution is -0.110. The molecule has 64 valence electrons. The zero-order valence-corrected chi connectivity index (χ0v) is 10.2. The van der Waals surface area contributed by atoms with Crippen molar-refractivity contribution in [2.75, 3.05) is 0 Å². The number of carbonyl (C=O) groups excluding carboxylic acids is 1. The average molecular weight is 186 g/mol. The first-order valence-electron chi connectivity index (χ1n) is 4.11. The topological polar surface area (TPSA) is 17.1 Å². The lowest BCUT2D eigenvalue weighted by atomic mass is 10.9. The molecule has 0 unspecified atom stereocenters. The van der Waals surface area contributed by atoms with Crippen molar-refractivity contribution in [1.29, 1.82) is 0 Å². The van der Waals surface area contributed by atoms with Gasteiger partial charge in [0.2, 0.25) is 0 Å². The molecule has 11 heavy (non-hydrogen) atoms. The van der Waals surface area contributed by atoms with Crippen molar-refractivity contribution in [1.82, 2.24) is 0 Å². The van der Waals surface area contributed by atoms with Gasteiger partial charge in [-0.15, -0.1) is 12.3 Å². The Labute approximate surface area is 72.7 Å². The summed E-state index contributed by atoms with van der Waals surface area (Å²) in [6.45, 7) is 10.1. The van der Waals surface area contributed by atoms with Gasteiger partial charge in [-0.3, -0.25) is 0 Å². The summed E-state index contributed by atoms with van der Waals surface area (Å²) in [6, 6.07) is 2.43. The molecule has 0 spiro atoms. The predicted octanol–water partition coefficient (Wildman–Crippen LogP) is 1.55. The fourth-order valence-electron chi connectivity index (χ4n) is 0.895. The minimum absolute atomic E-state index is 0.395. The van der Waals surface area contributed by atoms with E-state index in [2.05, 4.69) is 25.4 Å². The summed E-state index contributed by atoms with van der Waals surface area (Å²) in [7, 11) is -1.49. The Morgan fingerprint density at radius 3 is 2.55 bits per heavy atom. The van der Waals surface area contributed by atoms with Gasteiger partial charge in [0.05, 0.1) is 8.07 Å².